The maximum Gasteiger partial charge on any atom is 0.257 e. The third-order valence-corrected chi connectivity index (χ3v) is 5.71. The molecule has 1 aliphatic rings. The average Bonchev–Trinajstić information content (AvgIpc) is 3.19. The lowest BCUT2D eigenvalue weighted by Gasteiger charge is -2.16. The third kappa shape index (κ3) is 3.87. The van der Waals surface area contributed by atoms with E-state index in [2.05, 4.69) is 19.9 Å². The van der Waals surface area contributed by atoms with E-state index >= 15 is 0 Å². The molecule has 1 amide bonds. The number of benzene rings is 1. The highest BCUT2D eigenvalue weighted by Gasteiger charge is 2.34. The number of nitrogens with zero attached hydrogens (tertiary/aromatic N) is 5. The van der Waals surface area contributed by atoms with Crippen LogP contribution in [0.4, 0.5) is 0 Å². The van der Waals surface area contributed by atoms with Crippen molar-refractivity contribution >= 4 is 16.8 Å². The molecule has 1 N–H and O–H groups in total. The Hall–Kier alpha value is -3.71. The van der Waals surface area contributed by atoms with Crippen molar-refractivity contribution in [1.82, 2.24) is 24.8 Å². The van der Waals surface area contributed by atoms with Crippen LogP contribution in [-0.2, 0) is 6.42 Å². The second kappa shape index (κ2) is 8.20. The summed E-state index contributed by atoms with van der Waals surface area (Å²) in [7, 11) is 0. The molecule has 154 valence electrons. The Bertz CT molecular complexity index is 1210. The number of hydrogen-bond donors (Lipinski definition) is 1. The smallest absolute Gasteiger partial charge is 0.257 e. The summed E-state index contributed by atoms with van der Waals surface area (Å²) in [5.41, 5.74) is 3.13. The lowest BCUT2D eigenvalue weighted by molar-refractivity contribution is 0.0764. The zero-order valence-corrected chi connectivity index (χ0v) is 16.8. The summed E-state index contributed by atoms with van der Waals surface area (Å²) >= 11 is 0. The van der Waals surface area contributed by atoms with E-state index < -0.39 is 6.10 Å². The zero-order chi connectivity index (χ0) is 21.2. The molecule has 1 aromatic carbocycles. The predicted octanol–water partition coefficient (Wildman–Crippen LogP) is 2.76. The number of rotatable bonds is 4. The summed E-state index contributed by atoms with van der Waals surface area (Å²) in [5, 5.41) is 11.7. The maximum atomic E-state index is 13.0. The van der Waals surface area contributed by atoms with Gasteiger partial charge in [0.25, 0.3) is 5.91 Å². The van der Waals surface area contributed by atoms with Crippen LogP contribution in [0.2, 0.25) is 0 Å². The SMILES string of the molecule is O=C(c1cnc(-c2ccccn2)nc1)N1C[C@@H](Cc2ccnc3ccccc23)[C@@H](O)C1. The predicted molar refractivity (Wildman–Crippen MR) is 116 cm³/mol. The Balaban J connectivity index is 1.30. The van der Waals surface area contributed by atoms with E-state index in [1.807, 2.05) is 48.5 Å². The van der Waals surface area contributed by atoms with Crippen molar-refractivity contribution < 1.29 is 9.90 Å². The van der Waals surface area contributed by atoms with Gasteiger partial charge < -0.3 is 10.0 Å². The Labute approximate surface area is 179 Å². The third-order valence-electron chi connectivity index (χ3n) is 5.71. The first-order chi connectivity index (χ1) is 15.2. The molecule has 0 spiro atoms. The highest BCUT2D eigenvalue weighted by atomic mass is 16.3. The second-order valence-corrected chi connectivity index (χ2v) is 7.74. The van der Waals surface area contributed by atoms with Gasteiger partial charge in [-0.1, -0.05) is 24.3 Å². The molecule has 0 bridgehead atoms. The Kier molecular flexibility index (Phi) is 5.09. The summed E-state index contributed by atoms with van der Waals surface area (Å²) in [6.07, 6.45) is 6.62. The number of hydrogen-bond acceptors (Lipinski definition) is 6. The molecule has 2 atom stereocenters. The Morgan fingerprint density at radius 1 is 0.935 bits per heavy atom. The van der Waals surface area contributed by atoms with Crippen molar-refractivity contribution in [2.75, 3.05) is 13.1 Å². The number of aliphatic hydroxyl groups excluding tert-OH is 1. The monoisotopic (exact) mass is 411 g/mol. The second-order valence-electron chi connectivity index (χ2n) is 7.74. The van der Waals surface area contributed by atoms with E-state index in [9.17, 15) is 9.90 Å². The number of likely N-dealkylation sites (tertiary alicyclic amines) is 1. The summed E-state index contributed by atoms with van der Waals surface area (Å²) < 4.78 is 0. The van der Waals surface area contributed by atoms with Crippen LogP contribution in [0.5, 0.6) is 0 Å². The van der Waals surface area contributed by atoms with Crippen LogP contribution in [0.25, 0.3) is 22.4 Å². The van der Waals surface area contributed by atoms with Crippen molar-refractivity contribution in [3.8, 4) is 11.5 Å². The Morgan fingerprint density at radius 3 is 2.55 bits per heavy atom. The van der Waals surface area contributed by atoms with Crippen LogP contribution in [-0.4, -0.2) is 55.0 Å². The number of β-amino-alcohol motifs (C(OH)–C–C–N with tert-alkyl or cyclic N) is 1. The number of amides is 1. The van der Waals surface area contributed by atoms with Gasteiger partial charge in [-0.25, -0.2) is 9.97 Å². The molecule has 5 rings (SSSR count). The quantitative estimate of drug-likeness (QED) is 0.555. The van der Waals surface area contributed by atoms with Gasteiger partial charge in [-0.2, -0.15) is 0 Å². The molecule has 4 heterocycles. The van der Waals surface area contributed by atoms with Crippen LogP contribution in [0, 0.1) is 5.92 Å². The molecule has 31 heavy (non-hydrogen) atoms. The van der Waals surface area contributed by atoms with Gasteiger partial charge in [0, 0.05) is 49.2 Å². The lowest BCUT2D eigenvalue weighted by atomic mass is 9.94. The number of carbonyl (C=O) groups is 1. The van der Waals surface area contributed by atoms with Crippen LogP contribution >= 0.6 is 0 Å². The van der Waals surface area contributed by atoms with Crippen molar-refractivity contribution in [1.29, 1.82) is 0 Å². The molecule has 7 heteroatoms. The Morgan fingerprint density at radius 2 is 1.74 bits per heavy atom. The lowest BCUT2D eigenvalue weighted by Crippen LogP contribution is -2.29. The first kappa shape index (κ1) is 19.3. The van der Waals surface area contributed by atoms with E-state index in [4.69, 9.17) is 0 Å². The highest BCUT2D eigenvalue weighted by molar-refractivity contribution is 5.94. The molecular weight excluding hydrogens is 390 g/mol. The molecule has 1 saturated heterocycles. The highest BCUT2D eigenvalue weighted by Crippen LogP contribution is 2.26. The molecule has 0 unspecified atom stereocenters. The van der Waals surface area contributed by atoms with E-state index in [1.165, 1.54) is 12.4 Å². The fourth-order valence-corrected chi connectivity index (χ4v) is 4.08. The molecule has 3 aromatic heterocycles. The molecule has 4 aromatic rings. The van der Waals surface area contributed by atoms with E-state index in [0.29, 0.717) is 36.6 Å². The number of para-hydroxylation sites is 1. The van der Waals surface area contributed by atoms with Crippen molar-refractivity contribution in [3.63, 3.8) is 0 Å². The number of aliphatic hydroxyl groups is 1. The fraction of sp³-hybridized carbons (Fsp3) is 0.208. The van der Waals surface area contributed by atoms with Crippen LogP contribution in [0.15, 0.2) is 73.3 Å². The molecule has 0 saturated carbocycles. The van der Waals surface area contributed by atoms with Crippen molar-refractivity contribution in [2.24, 2.45) is 5.92 Å². The van der Waals surface area contributed by atoms with Gasteiger partial charge in [-0.15, -0.1) is 0 Å². The van der Waals surface area contributed by atoms with E-state index in [-0.39, 0.29) is 11.8 Å². The maximum absolute atomic E-state index is 13.0. The van der Waals surface area contributed by atoms with Gasteiger partial charge in [0.05, 0.1) is 17.2 Å². The summed E-state index contributed by atoms with van der Waals surface area (Å²) in [6, 6.07) is 15.5. The van der Waals surface area contributed by atoms with Crippen molar-refractivity contribution in [2.45, 2.75) is 12.5 Å². The minimum atomic E-state index is -0.579. The number of fused-ring (bicyclic) bond motifs is 1. The first-order valence-electron chi connectivity index (χ1n) is 10.2. The summed E-state index contributed by atoms with van der Waals surface area (Å²) in [5.74, 6) is 0.262. The molecule has 1 fully saturated rings. The zero-order valence-electron chi connectivity index (χ0n) is 16.8. The minimum Gasteiger partial charge on any atom is -0.391 e. The van der Waals surface area contributed by atoms with Gasteiger partial charge >= 0.3 is 0 Å². The van der Waals surface area contributed by atoms with Gasteiger partial charge in [0.2, 0.25) is 0 Å². The van der Waals surface area contributed by atoms with Crippen LogP contribution in [0.1, 0.15) is 15.9 Å². The summed E-state index contributed by atoms with van der Waals surface area (Å²) in [4.78, 5) is 31.8. The molecular formula is C24H21N5O2. The van der Waals surface area contributed by atoms with Gasteiger partial charge in [-0.05, 0) is 36.2 Å². The van der Waals surface area contributed by atoms with Gasteiger partial charge in [0.15, 0.2) is 5.82 Å². The van der Waals surface area contributed by atoms with Gasteiger partial charge in [-0.3, -0.25) is 14.8 Å². The number of aromatic nitrogens is 4. The van der Waals surface area contributed by atoms with Crippen LogP contribution < -0.4 is 0 Å². The number of carbonyl (C=O) groups excluding carboxylic acids is 1. The largest absolute Gasteiger partial charge is 0.391 e. The number of pyridine rings is 2. The molecule has 1 aliphatic heterocycles. The molecule has 0 aliphatic carbocycles. The van der Waals surface area contributed by atoms with Gasteiger partial charge in [0.1, 0.15) is 5.69 Å². The normalized spacial score (nSPS) is 18.4. The van der Waals surface area contributed by atoms with Crippen molar-refractivity contribution in [3.05, 3.63) is 84.4 Å². The molecule has 7 nitrogen and oxygen atoms in total. The van der Waals surface area contributed by atoms with Crippen LogP contribution in [0.3, 0.4) is 0 Å². The van der Waals surface area contributed by atoms with E-state index in [1.54, 1.807) is 17.3 Å². The average molecular weight is 411 g/mol. The summed E-state index contributed by atoms with van der Waals surface area (Å²) in [6.45, 7) is 0.785. The van der Waals surface area contributed by atoms with E-state index in [0.717, 1.165) is 16.5 Å². The first-order valence-corrected chi connectivity index (χ1v) is 10.2. The minimum absolute atomic E-state index is 0.0385. The standard InChI is InChI=1S/C24H21N5O2/c30-22-15-29(14-17(22)11-16-8-10-26-20-6-2-1-5-19(16)20)24(31)18-12-27-23(28-13-18)21-7-3-4-9-25-21/h1-10,12-13,17,22,30H,11,14-15H2/t17-,22+/m1/s1. The topological polar surface area (TPSA) is 92.1 Å². The molecule has 0 radical (unpaired) electrons. The fourth-order valence-electron chi connectivity index (χ4n) is 4.08.